The SMILES string of the molecule is CC1=CN(CC(C)(C)O)N(C)C1. The molecule has 0 aromatic carbocycles. The molecule has 0 bridgehead atoms. The van der Waals surface area contributed by atoms with Gasteiger partial charge in [0.15, 0.2) is 0 Å². The van der Waals surface area contributed by atoms with Gasteiger partial charge in [0.25, 0.3) is 0 Å². The summed E-state index contributed by atoms with van der Waals surface area (Å²) >= 11 is 0. The van der Waals surface area contributed by atoms with Crippen molar-refractivity contribution in [2.24, 2.45) is 0 Å². The number of β-amino-alcohol motifs (C(OH)–C–C–N with tert-alkyl or cyclic N) is 1. The lowest BCUT2D eigenvalue weighted by atomic mass is 10.1. The molecule has 1 N–H and O–H groups in total. The molecule has 1 rings (SSSR count). The average molecular weight is 170 g/mol. The van der Waals surface area contributed by atoms with Crippen LogP contribution in [0.5, 0.6) is 0 Å². The number of nitrogens with zero attached hydrogens (tertiary/aromatic N) is 2. The lowest BCUT2D eigenvalue weighted by molar-refractivity contribution is -0.0154. The summed E-state index contributed by atoms with van der Waals surface area (Å²) in [7, 11) is 2.03. The largest absolute Gasteiger partial charge is 0.389 e. The van der Waals surface area contributed by atoms with Gasteiger partial charge >= 0.3 is 0 Å². The number of aliphatic hydroxyl groups is 1. The summed E-state index contributed by atoms with van der Waals surface area (Å²) in [4.78, 5) is 0. The van der Waals surface area contributed by atoms with Crippen molar-refractivity contribution in [2.45, 2.75) is 26.4 Å². The number of likely N-dealkylation sites (N-methyl/N-ethyl adjacent to an activating group) is 1. The molecule has 0 aromatic rings. The highest BCUT2D eigenvalue weighted by Gasteiger charge is 2.22. The summed E-state index contributed by atoms with van der Waals surface area (Å²) in [6, 6.07) is 0. The smallest absolute Gasteiger partial charge is 0.0781 e. The van der Waals surface area contributed by atoms with Crippen LogP contribution in [0.25, 0.3) is 0 Å². The maximum atomic E-state index is 9.58. The summed E-state index contributed by atoms with van der Waals surface area (Å²) < 4.78 is 0. The summed E-state index contributed by atoms with van der Waals surface area (Å²) in [5, 5.41) is 13.7. The van der Waals surface area contributed by atoms with Crippen LogP contribution in [0.15, 0.2) is 11.8 Å². The molecule has 0 aromatic heterocycles. The predicted octanol–water partition coefficient (Wildman–Crippen LogP) is 0.824. The van der Waals surface area contributed by atoms with E-state index in [1.165, 1.54) is 5.57 Å². The molecular weight excluding hydrogens is 152 g/mol. The van der Waals surface area contributed by atoms with Gasteiger partial charge in [-0.3, -0.25) is 0 Å². The first-order valence-electron chi connectivity index (χ1n) is 4.26. The standard InChI is InChI=1S/C9H18N2O/c1-8-5-10(4)11(6-8)7-9(2,3)12/h6,12H,5,7H2,1-4H3. The van der Waals surface area contributed by atoms with E-state index in [0.717, 1.165) is 6.54 Å². The fraction of sp³-hybridized carbons (Fsp3) is 0.778. The predicted molar refractivity (Wildman–Crippen MR) is 49.4 cm³/mol. The minimum Gasteiger partial charge on any atom is -0.389 e. The molecule has 1 aliphatic heterocycles. The molecule has 0 radical (unpaired) electrons. The summed E-state index contributed by atoms with van der Waals surface area (Å²) in [5.74, 6) is 0. The van der Waals surface area contributed by atoms with Crippen LogP contribution in [-0.4, -0.2) is 40.9 Å². The van der Waals surface area contributed by atoms with Crippen molar-refractivity contribution >= 4 is 0 Å². The Morgan fingerprint density at radius 1 is 1.58 bits per heavy atom. The first kappa shape index (κ1) is 9.55. The number of hydrazine groups is 1. The van der Waals surface area contributed by atoms with E-state index in [1.54, 1.807) is 0 Å². The van der Waals surface area contributed by atoms with Crippen LogP contribution < -0.4 is 0 Å². The van der Waals surface area contributed by atoms with Crippen LogP contribution >= 0.6 is 0 Å². The minimum absolute atomic E-state index is 0.630. The molecule has 0 fully saturated rings. The number of hydrogen-bond donors (Lipinski definition) is 1. The molecule has 12 heavy (non-hydrogen) atoms. The van der Waals surface area contributed by atoms with Crippen molar-refractivity contribution in [3.63, 3.8) is 0 Å². The summed E-state index contributed by atoms with van der Waals surface area (Å²) in [5.41, 5.74) is 0.705. The van der Waals surface area contributed by atoms with E-state index in [4.69, 9.17) is 0 Å². The van der Waals surface area contributed by atoms with Crippen LogP contribution in [0, 0.1) is 0 Å². The Morgan fingerprint density at radius 2 is 2.17 bits per heavy atom. The molecule has 0 unspecified atom stereocenters. The van der Waals surface area contributed by atoms with Gasteiger partial charge < -0.3 is 10.1 Å². The molecule has 0 spiro atoms. The van der Waals surface area contributed by atoms with Crippen molar-refractivity contribution in [1.82, 2.24) is 10.0 Å². The summed E-state index contributed by atoms with van der Waals surface area (Å²) in [6.45, 7) is 7.36. The monoisotopic (exact) mass is 170 g/mol. The number of rotatable bonds is 2. The molecule has 0 atom stereocenters. The van der Waals surface area contributed by atoms with E-state index in [1.807, 2.05) is 20.9 Å². The third-order valence-electron chi connectivity index (χ3n) is 1.84. The lowest BCUT2D eigenvalue weighted by Crippen LogP contribution is -2.41. The molecule has 1 heterocycles. The maximum Gasteiger partial charge on any atom is 0.0781 e. The topological polar surface area (TPSA) is 26.7 Å². The van der Waals surface area contributed by atoms with E-state index in [0.29, 0.717) is 6.54 Å². The van der Waals surface area contributed by atoms with E-state index in [-0.39, 0.29) is 0 Å². The van der Waals surface area contributed by atoms with E-state index in [9.17, 15) is 5.11 Å². The fourth-order valence-electron chi connectivity index (χ4n) is 1.41. The van der Waals surface area contributed by atoms with Crippen molar-refractivity contribution in [1.29, 1.82) is 0 Å². The first-order chi connectivity index (χ1) is 5.38. The molecule has 0 amide bonds. The van der Waals surface area contributed by atoms with E-state index in [2.05, 4.69) is 23.1 Å². The molecule has 0 saturated heterocycles. The molecule has 0 saturated carbocycles. The highest BCUT2D eigenvalue weighted by atomic mass is 16.3. The van der Waals surface area contributed by atoms with E-state index >= 15 is 0 Å². The van der Waals surface area contributed by atoms with Crippen LogP contribution in [-0.2, 0) is 0 Å². The zero-order valence-corrected chi connectivity index (χ0v) is 8.33. The van der Waals surface area contributed by atoms with Crippen molar-refractivity contribution < 1.29 is 5.11 Å². The average Bonchev–Trinajstić information content (AvgIpc) is 2.06. The van der Waals surface area contributed by atoms with Gasteiger partial charge in [-0.05, 0) is 26.3 Å². The van der Waals surface area contributed by atoms with Gasteiger partial charge in [-0.25, -0.2) is 5.01 Å². The van der Waals surface area contributed by atoms with E-state index < -0.39 is 5.60 Å². The highest BCUT2D eigenvalue weighted by molar-refractivity contribution is 5.05. The second-order valence-corrected chi connectivity index (χ2v) is 4.20. The van der Waals surface area contributed by atoms with Crippen molar-refractivity contribution in [3.8, 4) is 0 Å². The van der Waals surface area contributed by atoms with Gasteiger partial charge in [0.1, 0.15) is 0 Å². The lowest BCUT2D eigenvalue weighted by Gasteiger charge is -2.30. The van der Waals surface area contributed by atoms with Crippen LogP contribution in [0.4, 0.5) is 0 Å². The van der Waals surface area contributed by atoms with Gasteiger partial charge in [0.2, 0.25) is 0 Å². The van der Waals surface area contributed by atoms with Gasteiger partial charge in [-0.2, -0.15) is 0 Å². The summed E-state index contributed by atoms with van der Waals surface area (Å²) in [6.07, 6.45) is 2.08. The van der Waals surface area contributed by atoms with Crippen LogP contribution in [0.2, 0.25) is 0 Å². The molecule has 3 heteroatoms. The Kier molecular flexibility index (Phi) is 2.44. The van der Waals surface area contributed by atoms with Gasteiger partial charge in [0.05, 0.1) is 12.1 Å². The zero-order chi connectivity index (χ0) is 9.35. The van der Waals surface area contributed by atoms with Gasteiger partial charge in [-0.15, -0.1) is 0 Å². The van der Waals surface area contributed by atoms with Crippen LogP contribution in [0.3, 0.4) is 0 Å². The molecule has 1 aliphatic rings. The first-order valence-corrected chi connectivity index (χ1v) is 4.26. The second-order valence-electron chi connectivity index (χ2n) is 4.20. The molecule has 0 aliphatic carbocycles. The second kappa shape index (κ2) is 3.07. The zero-order valence-electron chi connectivity index (χ0n) is 8.33. The highest BCUT2D eigenvalue weighted by Crippen LogP contribution is 2.15. The number of hydrogen-bond acceptors (Lipinski definition) is 3. The Bertz CT molecular complexity index is 193. The fourth-order valence-corrected chi connectivity index (χ4v) is 1.41. The normalized spacial score (nSPS) is 20.1. The Morgan fingerprint density at radius 3 is 2.50 bits per heavy atom. The van der Waals surface area contributed by atoms with Crippen molar-refractivity contribution in [2.75, 3.05) is 20.1 Å². The third kappa shape index (κ3) is 2.50. The van der Waals surface area contributed by atoms with Crippen LogP contribution in [0.1, 0.15) is 20.8 Å². The van der Waals surface area contributed by atoms with Gasteiger partial charge in [-0.1, -0.05) is 0 Å². The maximum absolute atomic E-state index is 9.58. The minimum atomic E-state index is -0.630. The van der Waals surface area contributed by atoms with Gasteiger partial charge in [0, 0.05) is 19.8 Å². The Hall–Kier alpha value is -0.540. The quantitative estimate of drug-likeness (QED) is 0.664. The molecule has 3 nitrogen and oxygen atoms in total. The third-order valence-corrected chi connectivity index (χ3v) is 1.84. The molecular formula is C9H18N2O. The molecule has 70 valence electrons. The Labute approximate surface area is 74.2 Å². The Balaban J connectivity index is 2.53. The van der Waals surface area contributed by atoms with Crippen molar-refractivity contribution in [3.05, 3.63) is 11.8 Å².